The topological polar surface area (TPSA) is 12.0 Å². The van der Waals surface area contributed by atoms with Crippen molar-refractivity contribution in [2.24, 2.45) is 5.92 Å². The van der Waals surface area contributed by atoms with Crippen LogP contribution in [0.25, 0.3) is 0 Å². The first-order valence-corrected chi connectivity index (χ1v) is 5.60. The first-order valence-electron chi connectivity index (χ1n) is 5.22. The highest BCUT2D eigenvalue weighted by atomic mass is 35.5. The van der Waals surface area contributed by atoms with Gasteiger partial charge in [0.15, 0.2) is 0 Å². The van der Waals surface area contributed by atoms with E-state index in [0.29, 0.717) is 5.92 Å². The fourth-order valence-corrected chi connectivity index (χ4v) is 1.78. The Morgan fingerprint density at radius 1 is 1.47 bits per heavy atom. The molecule has 0 aliphatic rings. The molecule has 1 aromatic carbocycles. The van der Waals surface area contributed by atoms with Crippen LogP contribution in [0.5, 0.6) is 0 Å². The monoisotopic (exact) mass is 229 g/mol. The molecule has 1 N–H and O–H groups in total. The van der Waals surface area contributed by atoms with Gasteiger partial charge >= 0.3 is 0 Å². The standard InChI is InChI=1S/C12H17ClFN/c1-9(6-7-15-2)8-10-4-3-5-11(14)12(10)13/h3-5,9,15H,6-8H2,1-2H3. The third-order valence-electron chi connectivity index (χ3n) is 2.49. The van der Waals surface area contributed by atoms with Crippen LogP contribution in [0.3, 0.4) is 0 Å². The molecule has 0 heterocycles. The van der Waals surface area contributed by atoms with Crippen LogP contribution in [-0.2, 0) is 6.42 Å². The highest BCUT2D eigenvalue weighted by molar-refractivity contribution is 6.31. The van der Waals surface area contributed by atoms with E-state index in [2.05, 4.69) is 12.2 Å². The number of nitrogens with one attached hydrogen (secondary N) is 1. The summed E-state index contributed by atoms with van der Waals surface area (Å²) in [6.07, 6.45) is 1.90. The molecular weight excluding hydrogens is 213 g/mol. The van der Waals surface area contributed by atoms with Crippen LogP contribution >= 0.6 is 11.6 Å². The van der Waals surface area contributed by atoms with Crippen molar-refractivity contribution in [2.75, 3.05) is 13.6 Å². The van der Waals surface area contributed by atoms with Gasteiger partial charge in [0.25, 0.3) is 0 Å². The quantitative estimate of drug-likeness (QED) is 0.817. The van der Waals surface area contributed by atoms with Gasteiger partial charge in [-0.3, -0.25) is 0 Å². The Morgan fingerprint density at radius 2 is 2.20 bits per heavy atom. The van der Waals surface area contributed by atoms with E-state index in [1.165, 1.54) is 6.07 Å². The van der Waals surface area contributed by atoms with Gasteiger partial charge in [-0.2, -0.15) is 0 Å². The van der Waals surface area contributed by atoms with Gasteiger partial charge in [-0.1, -0.05) is 30.7 Å². The van der Waals surface area contributed by atoms with Gasteiger partial charge < -0.3 is 5.32 Å². The molecule has 1 atom stereocenters. The zero-order valence-electron chi connectivity index (χ0n) is 9.19. The Labute approximate surface area is 95.6 Å². The molecule has 0 saturated carbocycles. The summed E-state index contributed by atoms with van der Waals surface area (Å²) in [6, 6.07) is 4.99. The summed E-state index contributed by atoms with van der Waals surface area (Å²) in [5.74, 6) is 0.187. The van der Waals surface area contributed by atoms with Gasteiger partial charge in [-0.25, -0.2) is 4.39 Å². The van der Waals surface area contributed by atoms with Crippen molar-refractivity contribution < 1.29 is 4.39 Å². The van der Waals surface area contributed by atoms with Crippen LogP contribution < -0.4 is 5.32 Å². The maximum absolute atomic E-state index is 13.1. The lowest BCUT2D eigenvalue weighted by molar-refractivity contribution is 0.513. The third kappa shape index (κ3) is 3.80. The second-order valence-corrected chi connectivity index (χ2v) is 4.29. The summed E-state index contributed by atoms with van der Waals surface area (Å²) < 4.78 is 13.1. The van der Waals surface area contributed by atoms with Crippen molar-refractivity contribution in [3.63, 3.8) is 0 Å². The minimum atomic E-state index is -0.324. The molecule has 0 fully saturated rings. The average Bonchev–Trinajstić information content (AvgIpc) is 2.22. The molecule has 1 unspecified atom stereocenters. The molecule has 15 heavy (non-hydrogen) atoms. The van der Waals surface area contributed by atoms with E-state index in [4.69, 9.17) is 11.6 Å². The van der Waals surface area contributed by atoms with Crippen LogP contribution in [0.4, 0.5) is 4.39 Å². The molecule has 1 rings (SSSR count). The van der Waals surface area contributed by atoms with Gasteiger partial charge in [0.1, 0.15) is 5.82 Å². The van der Waals surface area contributed by atoms with Gasteiger partial charge in [-0.15, -0.1) is 0 Å². The summed E-state index contributed by atoms with van der Waals surface area (Å²) in [5, 5.41) is 3.38. The van der Waals surface area contributed by atoms with E-state index in [-0.39, 0.29) is 10.8 Å². The lowest BCUT2D eigenvalue weighted by atomic mass is 9.98. The van der Waals surface area contributed by atoms with Crippen molar-refractivity contribution in [1.82, 2.24) is 5.32 Å². The lowest BCUT2D eigenvalue weighted by Crippen LogP contribution is -2.13. The van der Waals surface area contributed by atoms with Crippen LogP contribution in [0.1, 0.15) is 18.9 Å². The van der Waals surface area contributed by atoms with E-state index in [9.17, 15) is 4.39 Å². The molecule has 0 aliphatic carbocycles. The van der Waals surface area contributed by atoms with E-state index in [0.717, 1.165) is 24.9 Å². The van der Waals surface area contributed by atoms with Crippen molar-refractivity contribution in [3.8, 4) is 0 Å². The Kier molecular flexibility index (Phi) is 5.06. The molecule has 0 radical (unpaired) electrons. The maximum Gasteiger partial charge on any atom is 0.142 e. The van der Waals surface area contributed by atoms with Crippen molar-refractivity contribution in [2.45, 2.75) is 19.8 Å². The van der Waals surface area contributed by atoms with Gasteiger partial charge in [0.05, 0.1) is 5.02 Å². The number of rotatable bonds is 5. The Hall–Kier alpha value is -0.600. The zero-order chi connectivity index (χ0) is 11.3. The molecule has 1 nitrogen and oxygen atoms in total. The largest absolute Gasteiger partial charge is 0.320 e. The van der Waals surface area contributed by atoms with E-state index >= 15 is 0 Å². The first-order chi connectivity index (χ1) is 7.15. The van der Waals surface area contributed by atoms with Crippen LogP contribution in [-0.4, -0.2) is 13.6 Å². The van der Waals surface area contributed by atoms with Crippen molar-refractivity contribution in [3.05, 3.63) is 34.6 Å². The Morgan fingerprint density at radius 3 is 2.87 bits per heavy atom. The molecule has 0 bridgehead atoms. The summed E-state index contributed by atoms with van der Waals surface area (Å²) in [6.45, 7) is 3.13. The van der Waals surface area contributed by atoms with E-state index in [1.807, 2.05) is 13.1 Å². The lowest BCUT2D eigenvalue weighted by Gasteiger charge is -2.12. The van der Waals surface area contributed by atoms with E-state index < -0.39 is 0 Å². The summed E-state index contributed by atoms with van der Waals surface area (Å²) in [7, 11) is 1.93. The SMILES string of the molecule is CNCCC(C)Cc1cccc(F)c1Cl. The maximum atomic E-state index is 13.1. The molecule has 0 aliphatic heterocycles. The fourth-order valence-electron chi connectivity index (χ4n) is 1.57. The summed E-state index contributed by atoms with van der Waals surface area (Å²) in [4.78, 5) is 0. The summed E-state index contributed by atoms with van der Waals surface area (Å²) >= 11 is 5.88. The zero-order valence-corrected chi connectivity index (χ0v) is 9.94. The molecule has 0 amide bonds. The molecule has 0 aromatic heterocycles. The second-order valence-electron chi connectivity index (χ2n) is 3.91. The minimum Gasteiger partial charge on any atom is -0.320 e. The molecule has 0 spiro atoms. The smallest absolute Gasteiger partial charge is 0.142 e. The number of benzene rings is 1. The molecule has 84 valence electrons. The van der Waals surface area contributed by atoms with Crippen LogP contribution in [0, 0.1) is 11.7 Å². The highest BCUT2D eigenvalue weighted by Gasteiger charge is 2.09. The number of hydrogen-bond acceptors (Lipinski definition) is 1. The van der Waals surface area contributed by atoms with Gasteiger partial charge in [0.2, 0.25) is 0 Å². The fraction of sp³-hybridized carbons (Fsp3) is 0.500. The predicted octanol–water partition coefficient (Wildman–Crippen LogP) is 3.27. The second kappa shape index (κ2) is 6.09. The van der Waals surface area contributed by atoms with Crippen molar-refractivity contribution in [1.29, 1.82) is 0 Å². The Balaban J connectivity index is 2.60. The molecule has 0 saturated heterocycles. The van der Waals surface area contributed by atoms with Gasteiger partial charge in [0, 0.05) is 0 Å². The van der Waals surface area contributed by atoms with Crippen LogP contribution in [0.15, 0.2) is 18.2 Å². The molecular formula is C12H17ClFN. The minimum absolute atomic E-state index is 0.272. The number of halogens is 2. The Bertz CT molecular complexity index is 314. The molecule has 3 heteroatoms. The van der Waals surface area contributed by atoms with Crippen LogP contribution in [0.2, 0.25) is 5.02 Å². The highest BCUT2D eigenvalue weighted by Crippen LogP contribution is 2.23. The average molecular weight is 230 g/mol. The van der Waals surface area contributed by atoms with Crippen molar-refractivity contribution >= 4 is 11.6 Å². The summed E-state index contributed by atoms with van der Waals surface area (Å²) in [5.41, 5.74) is 0.903. The third-order valence-corrected chi connectivity index (χ3v) is 2.91. The predicted molar refractivity (Wildman–Crippen MR) is 62.8 cm³/mol. The normalized spacial score (nSPS) is 12.8. The number of hydrogen-bond donors (Lipinski definition) is 1. The van der Waals surface area contributed by atoms with Gasteiger partial charge in [-0.05, 0) is 44.0 Å². The van der Waals surface area contributed by atoms with E-state index in [1.54, 1.807) is 6.07 Å². The molecule has 1 aromatic rings. The first kappa shape index (κ1) is 12.5.